The van der Waals surface area contributed by atoms with Crippen LogP contribution in [0.25, 0.3) is 5.76 Å². The van der Waals surface area contributed by atoms with Gasteiger partial charge in [-0.25, -0.2) is 0 Å². The number of carbonyl (C=O) groups excluding carboxylic acids is 1. The van der Waals surface area contributed by atoms with Gasteiger partial charge in [0.25, 0.3) is 0 Å². The van der Waals surface area contributed by atoms with Gasteiger partial charge in [-0.1, -0.05) is 72.2 Å². The first kappa shape index (κ1) is 24.5. The van der Waals surface area contributed by atoms with Crippen LogP contribution in [0.4, 0.5) is 5.69 Å². The van der Waals surface area contributed by atoms with E-state index >= 15 is 0 Å². The Morgan fingerprint density at radius 1 is 1.00 bits per heavy atom. The van der Waals surface area contributed by atoms with Gasteiger partial charge in [-0.3, -0.25) is 15.1 Å². The number of ketones is 1. The Morgan fingerprint density at radius 2 is 1.76 bits per heavy atom. The Bertz CT molecular complexity index is 1540. The number of anilines is 1. The van der Waals surface area contributed by atoms with Gasteiger partial charge in [0.2, 0.25) is 6.79 Å². The molecule has 0 aromatic heterocycles. The highest BCUT2D eigenvalue weighted by molar-refractivity contribution is 9.10. The summed E-state index contributed by atoms with van der Waals surface area (Å²) in [5.74, 6) is 0.717. The predicted octanol–water partition coefficient (Wildman–Crippen LogP) is 7.37. The molecule has 192 valence electrons. The Morgan fingerprint density at radius 3 is 2.53 bits per heavy atom. The van der Waals surface area contributed by atoms with Gasteiger partial charge < -0.3 is 14.6 Å². The summed E-state index contributed by atoms with van der Waals surface area (Å²) < 4.78 is 12.1. The second kappa shape index (κ2) is 9.17. The molecule has 0 amide bonds. The summed E-state index contributed by atoms with van der Waals surface area (Å²) >= 11 is 3.56. The zero-order chi connectivity index (χ0) is 26.6. The van der Waals surface area contributed by atoms with Gasteiger partial charge in [-0.2, -0.15) is 0 Å². The molecule has 6 rings (SSSR count). The molecule has 2 heterocycles. The largest absolute Gasteiger partial charge is 0.507 e. The van der Waals surface area contributed by atoms with Crippen molar-refractivity contribution in [2.75, 3.05) is 11.7 Å². The lowest BCUT2D eigenvalue weighted by molar-refractivity contribution is -0.118. The first-order valence-electron chi connectivity index (χ1n) is 12.5. The Labute approximate surface area is 229 Å². The fraction of sp³-hybridized carbons (Fsp3) is 0.226. The summed E-state index contributed by atoms with van der Waals surface area (Å²) in [5.41, 5.74) is 3.61. The maximum Gasteiger partial charge on any atom is 0.231 e. The van der Waals surface area contributed by atoms with E-state index in [9.17, 15) is 15.3 Å². The smallest absolute Gasteiger partial charge is 0.231 e. The second-order valence-electron chi connectivity index (χ2n) is 10.6. The highest BCUT2D eigenvalue weighted by Gasteiger charge is 2.47. The number of amidine groups is 1. The van der Waals surface area contributed by atoms with Crippen molar-refractivity contribution in [3.05, 3.63) is 105 Å². The molecule has 3 aromatic carbocycles. The number of halogens is 1. The molecule has 2 N–H and O–H groups in total. The van der Waals surface area contributed by atoms with Crippen molar-refractivity contribution in [1.29, 1.82) is 5.41 Å². The molecule has 0 fully saturated rings. The monoisotopic (exact) mass is 570 g/mol. The van der Waals surface area contributed by atoms with Crippen LogP contribution in [-0.4, -0.2) is 23.5 Å². The predicted molar refractivity (Wildman–Crippen MR) is 151 cm³/mol. The van der Waals surface area contributed by atoms with Crippen LogP contribution in [0, 0.1) is 10.8 Å². The van der Waals surface area contributed by atoms with Crippen LogP contribution in [-0.2, 0) is 4.79 Å². The minimum atomic E-state index is -0.640. The van der Waals surface area contributed by atoms with Crippen LogP contribution in [0.15, 0.2) is 94.1 Å². The van der Waals surface area contributed by atoms with Gasteiger partial charge >= 0.3 is 0 Å². The van der Waals surface area contributed by atoms with E-state index in [1.54, 1.807) is 0 Å². The molecule has 0 spiro atoms. The number of benzene rings is 3. The van der Waals surface area contributed by atoms with Crippen LogP contribution in [0.5, 0.6) is 11.5 Å². The lowest BCUT2D eigenvalue weighted by Crippen LogP contribution is -2.45. The Balaban J connectivity index is 1.67. The van der Waals surface area contributed by atoms with E-state index in [-0.39, 0.29) is 29.6 Å². The lowest BCUT2D eigenvalue weighted by Gasteiger charge is -2.45. The number of fused-ring (bicyclic) bond motifs is 1. The number of allylic oxidation sites excluding steroid dienone is 2. The quantitative estimate of drug-likeness (QED) is 0.321. The van der Waals surface area contributed by atoms with E-state index < -0.39 is 5.92 Å². The summed E-state index contributed by atoms with van der Waals surface area (Å²) in [6.45, 7) is 4.30. The SMILES string of the molecule is CC1(C)CC(=O)C2=C(C1)N(c1cccc(Br)c1)C(=N)C(=C(O)c1ccccc1)C2c1ccc2c(c1)OCO2. The molecule has 1 atom stereocenters. The molecule has 0 saturated heterocycles. The van der Waals surface area contributed by atoms with E-state index in [2.05, 4.69) is 29.8 Å². The van der Waals surface area contributed by atoms with Crippen molar-refractivity contribution in [2.24, 2.45) is 5.41 Å². The number of hydrogen-bond donors (Lipinski definition) is 2. The Kier molecular flexibility index (Phi) is 5.91. The third kappa shape index (κ3) is 4.11. The number of hydrogen-bond acceptors (Lipinski definition) is 5. The molecule has 1 aliphatic carbocycles. The van der Waals surface area contributed by atoms with E-state index in [4.69, 9.17) is 9.47 Å². The van der Waals surface area contributed by atoms with Crippen molar-refractivity contribution in [3.63, 3.8) is 0 Å². The zero-order valence-electron chi connectivity index (χ0n) is 21.1. The van der Waals surface area contributed by atoms with Crippen molar-refractivity contribution in [3.8, 4) is 11.5 Å². The van der Waals surface area contributed by atoms with Crippen LogP contribution in [0.1, 0.15) is 43.7 Å². The maximum absolute atomic E-state index is 14.0. The average molecular weight is 571 g/mol. The maximum atomic E-state index is 14.0. The Hall–Kier alpha value is -3.84. The zero-order valence-corrected chi connectivity index (χ0v) is 22.7. The molecule has 38 heavy (non-hydrogen) atoms. The van der Waals surface area contributed by atoms with E-state index in [0.717, 1.165) is 21.4 Å². The van der Waals surface area contributed by atoms with Crippen molar-refractivity contribution in [2.45, 2.75) is 32.6 Å². The third-order valence-electron chi connectivity index (χ3n) is 7.32. The van der Waals surface area contributed by atoms with Crippen molar-refractivity contribution < 1.29 is 19.4 Å². The van der Waals surface area contributed by atoms with Gasteiger partial charge in [0.1, 0.15) is 11.6 Å². The normalized spacial score (nSPS) is 21.4. The highest BCUT2D eigenvalue weighted by atomic mass is 79.9. The summed E-state index contributed by atoms with van der Waals surface area (Å²) in [4.78, 5) is 15.8. The first-order valence-corrected chi connectivity index (χ1v) is 13.3. The van der Waals surface area contributed by atoms with Gasteiger partial charge in [0, 0.05) is 44.9 Å². The first-order chi connectivity index (χ1) is 18.2. The minimum Gasteiger partial charge on any atom is -0.507 e. The molecule has 3 aromatic rings. The number of nitrogens with one attached hydrogen (secondary N) is 1. The van der Waals surface area contributed by atoms with Crippen LogP contribution < -0.4 is 14.4 Å². The fourth-order valence-electron chi connectivity index (χ4n) is 5.69. The highest BCUT2D eigenvalue weighted by Crippen LogP contribution is 2.52. The molecule has 0 saturated carbocycles. The second-order valence-corrected chi connectivity index (χ2v) is 11.6. The molecule has 0 bridgehead atoms. The number of nitrogens with zero attached hydrogens (tertiary/aromatic N) is 1. The standard InChI is InChI=1S/C31H27BrN2O4/c1-31(2)15-22-27(23(35)16-31)26(19-11-12-24-25(13-19)38-17-37-24)28(29(36)18-7-4-3-5-8-18)30(33)34(22)21-10-6-9-20(32)14-21/h3-14,26,33,36H,15-17H2,1-2H3. The average Bonchev–Trinajstić information content (AvgIpc) is 3.35. The molecule has 6 nitrogen and oxygen atoms in total. The summed E-state index contributed by atoms with van der Waals surface area (Å²) in [7, 11) is 0. The van der Waals surface area contributed by atoms with E-state index in [1.165, 1.54) is 0 Å². The van der Waals surface area contributed by atoms with Gasteiger partial charge in [0.15, 0.2) is 17.3 Å². The molecule has 7 heteroatoms. The number of ether oxygens (including phenoxy) is 2. The molecule has 2 aliphatic heterocycles. The van der Waals surface area contributed by atoms with Gasteiger partial charge in [-0.05, 0) is 47.7 Å². The van der Waals surface area contributed by atoms with Crippen molar-refractivity contribution in [1.82, 2.24) is 0 Å². The van der Waals surface area contributed by atoms with E-state index in [0.29, 0.717) is 41.1 Å². The fourth-order valence-corrected chi connectivity index (χ4v) is 6.08. The molecule has 3 aliphatic rings. The van der Waals surface area contributed by atoms with Crippen LogP contribution in [0.3, 0.4) is 0 Å². The molecular weight excluding hydrogens is 544 g/mol. The number of Topliss-reactive ketones (excluding diaryl/α,β-unsaturated/α-hetero) is 1. The summed E-state index contributed by atoms with van der Waals surface area (Å²) in [6.07, 6.45) is 0.995. The van der Waals surface area contributed by atoms with Crippen LogP contribution >= 0.6 is 15.9 Å². The van der Waals surface area contributed by atoms with E-state index in [1.807, 2.05) is 77.7 Å². The van der Waals surface area contributed by atoms with Gasteiger partial charge in [-0.15, -0.1) is 0 Å². The lowest BCUT2D eigenvalue weighted by atomic mass is 9.67. The summed E-state index contributed by atoms with van der Waals surface area (Å²) in [6, 6.07) is 22.5. The number of aliphatic hydroxyl groups is 1. The van der Waals surface area contributed by atoms with Crippen molar-refractivity contribution >= 4 is 39.0 Å². The molecular formula is C31H27BrN2O4. The summed E-state index contributed by atoms with van der Waals surface area (Å²) in [5, 5.41) is 21.3. The number of rotatable bonds is 3. The van der Waals surface area contributed by atoms with Gasteiger partial charge in [0.05, 0.1) is 0 Å². The molecule has 1 unspecified atom stereocenters. The minimum absolute atomic E-state index is 0.0183. The number of aliphatic hydroxyl groups excluding tert-OH is 1. The van der Waals surface area contributed by atoms with Crippen LogP contribution in [0.2, 0.25) is 0 Å². The molecule has 0 radical (unpaired) electrons. The number of carbonyl (C=O) groups is 1. The topological polar surface area (TPSA) is 82.9 Å². The third-order valence-corrected chi connectivity index (χ3v) is 7.81.